The van der Waals surface area contributed by atoms with Crippen LogP contribution in [0.1, 0.15) is 65.2 Å². The summed E-state index contributed by atoms with van der Waals surface area (Å²) in [6, 6.07) is 0. The zero-order chi connectivity index (χ0) is 17.2. The smallest absolute Gasteiger partial charge is 0.139 e. The Bertz CT molecular complexity index is 695. The van der Waals surface area contributed by atoms with Crippen molar-refractivity contribution in [3.63, 3.8) is 0 Å². The van der Waals surface area contributed by atoms with E-state index in [9.17, 15) is 0 Å². The largest absolute Gasteiger partial charge is 0.490 e. The zero-order valence-corrected chi connectivity index (χ0v) is 15.9. The molecule has 0 radical (unpaired) electrons. The van der Waals surface area contributed by atoms with Crippen molar-refractivity contribution in [3.8, 4) is 0 Å². The molecular formula is C24H32O. The van der Waals surface area contributed by atoms with E-state index in [0.29, 0.717) is 0 Å². The van der Waals surface area contributed by atoms with Gasteiger partial charge in [0, 0.05) is 5.41 Å². The molecule has 0 unspecified atom stereocenters. The Morgan fingerprint density at radius 2 is 2.16 bits per heavy atom. The highest BCUT2D eigenvalue weighted by Gasteiger charge is 2.66. The molecule has 5 rings (SSSR count). The van der Waals surface area contributed by atoms with E-state index in [4.69, 9.17) is 4.74 Å². The lowest BCUT2D eigenvalue weighted by Gasteiger charge is -2.56. The van der Waals surface area contributed by atoms with E-state index in [0.717, 1.165) is 30.1 Å². The molecule has 0 aromatic rings. The standard InChI is InChI=1S/C24H32O/c1-4-18-12-14-25-24(18)13-11-21-20-10-9-17-7-5-6-8-19(17)22(20)16(2)15-23(21,24)3/h4,7,12,14,19-22H,2,5-6,8-11,13,15H2,1,3H3/b18-4+/t19-,20-,21-,22+,23-,24+/m0/s1. The summed E-state index contributed by atoms with van der Waals surface area (Å²) in [5, 5.41) is 0. The van der Waals surface area contributed by atoms with Gasteiger partial charge in [0.05, 0.1) is 6.26 Å². The second-order valence-corrected chi connectivity index (χ2v) is 9.43. The average molecular weight is 337 g/mol. The molecule has 0 aromatic heterocycles. The molecule has 0 aromatic carbocycles. The maximum absolute atomic E-state index is 6.41. The number of hydrogen-bond acceptors (Lipinski definition) is 1. The van der Waals surface area contributed by atoms with Gasteiger partial charge in [0.25, 0.3) is 0 Å². The Kier molecular flexibility index (Phi) is 3.44. The molecule has 25 heavy (non-hydrogen) atoms. The number of hydrogen-bond donors (Lipinski definition) is 0. The summed E-state index contributed by atoms with van der Waals surface area (Å²) >= 11 is 0. The van der Waals surface area contributed by atoms with Crippen molar-refractivity contribution in [1.29, 1.82) is 0 Å². The summed E-state index contributed by atoms with van der Waals surface area (Å²) in [5.41, 5.74) is 4.86. The summed E-state index contributed by atoms with van der Waals surface area (Å²) in [6.45, 7) is 9.37. The quantitative estimate of drug-likeness (QED) is 0.469. The highest BCUT2D eigenvalue weighted by atomic mass is 16.5. The van der Waals surface area contributed by atoms with Gasteiger partial charge < -0.3 is 4.74 Å². The van der Waals surface area contributed by atoms with Gasteiger partial charge in [-0.25, -0.2) is 0 Å². The van der Waals surface area contributed by atoms with Crippen molar-refractivity contribution in [2.45, 2.75) is 70.8 Å². The van der Waals surface area contributed by atoms with Crippen LogP contribution >= 0.6 is 0 Å². The molecule has 134 valence electrons. The van der Waals surface area contributed by atoms with Gasteiger partial charge in [0.1, 0.15) is 5.60 Å². The Morgan fingerprint density at radius 1 is 1.28 bits per heavy atom. The van der Waals surface area contributed by atoms with E-state index in [1.165, 1.54) is 56.1 Å². The van der Waals surface area contributed by atoms with E-state index >= 15 is 0 Å². The molecule has 1 spiro atoms. The topological polar surface area (TPSA) is 9.23 Å². The number of allylic oxidation sites excluding steroid dienone is 4. The zero-order valence-electron chi connectivity index (χ0n) is 15.9. The fourth-order valence-corrected chi connectivity index (χ4v) is 7.75. The van der Waals surface area contributed by atoms with Gasteiger partial charge in [-0.15, -0.1) is 0 Å². The van der Waals surface area contributed by atoms with Gasteiger partial charge in [-0.2, -0.15) is 0 Å². The second-order valence-electron chi connectivity index (χ2n) is 9.43. The molecule has 3 fully saturated rings. The van der Waals surface area contributed by atoms with Crippen LogP contribution in [0.3, 0.4) is 0 Å². The van der Waals surface area contributed by atoms with Crippen LogP contribution in [0.15, 0.2) is 47.8 Å². The van der Waals surface area contributed by atoms with Crippen LogP contribution in [-0.4, -0.2) is 5.60 Å². The van der Waals surface area contributed by atoms with E-state index in [1.54, 1.807) is 5.57 Å². The van der Waals surface area contributed by atoms with Gasteiger partial charge in [0.15, 0.2) is 0 Å². The van der Waals surface area contributed by atoms with E-state index < -0.39 is 0 Å². The molecule has 0 N–H and O–H groups in total. The predicted molar refractivity (Wildman–Crippen MR) is 103 cm³/mol. The lowest BCUT2D eigenvalue weighted by atomic mass is 9.49. The van der Waals surface area contributed by atoms with Crippen molar-refractivity contribution in [2.24, 2.45) is 29.1 Å². The third kappa shape index (κ3) is 1.90. The van der Waals surface area contributed by atoms with Crippen LogP contribution in [0.2, 0.25) is 0 Å². The van der Waals surface area contributed by atoms with Gasteiger partial charge in [-0.05, 0) is 93.6 Å². The van der Waals surface area contributed by atoms with Crippen LogP contribution in [0.4, 0.5) is 0 Å². The van der Waals surface area contributed by atoms with Crippen LogP contribution in [-0.2, 0) is 4.74 Å². The lowest BCUT2D eigenvalue weighted by molar-refractivity contribution is -0.0746. The molecule has 0 saturated heterocycles. The second kappa shape index (κ2) is 5.38. The Morgan fingerprint density at radius 3 is 3.00 bits per heavy atom. The minimum atomic E-state index is -0.0803. The van der Waals surface area contributed by atoms with Gasteiger partial charge >= 0.3 is 0 Å². The number of rotatable bonds is 0. The van der Waals surface area contributed by atoms with Crippen molar-refractivity contribution in [2.75, 3.05) is 0 Å². The minimum Gasteiger partial charge on any atom is -0.490 e. The highest BCUT2D eigenvalue weighted by molar-refractivity contribution is 5.41. The van der Waals surface area contributed by atoms with Gasteiger partial charge in [-0.3, -0.25) is 0 Å². The molecule has 1 nitrogen and oxygen atoms in total. The SMILES string of the molecule is C=C1C[C@@]2(C)[C@@H](CC[C@]23OC=C/C3=C\C)[C@@H]2CCC3=CCCC[C@@H]3[C@@H]12. The third-order valence-electron chi connectivity index (χ3n) is 8.69. The fraction of sp³-hybridized carbons (Fsp3) is 0.667. The number of ether oxygens (including phenoxy) is 1. The van der Waals surface area contributed by atoms with Crippen LogP contribution in [0.5, 0.6) is 0 Å². The van der Waals surface area contributed by atoms with E-state index in [-0.39, 0.29) is 11.0 Å². The van der Waals surface area contributed by atoms with Gasteiger partial charge in [0.2, 0.25) is 0 Å². The molecule has 6 atom stereocenters. The average Bonchev–Trinajstić information content (AvgIpc) is 3.17. The van der Waals surface area contributed by atoms with Crippen LogP contribution in [0, 0.1) is 29.1 Å². The maximum Gasteiger partial charge on any atom is 0.139 e. The normalized spacial score (nSPS) is 49.6. The first-order chi connectivity index (χ1) is 12.1. The molecule has 1 heteroatoms. The Labute approximate surface area is 152 Å². The monoisotopic (exact) mass is 336 g/mol. The fourth-order valence-electron chi connectivity index (χ4n) is 7.75. The molecule has 1 aliphatic heterocycles. The van der Waals surface area contributed by atoms with E-state index in [2.05, 4.69) is 38.7 Å². The first-order valence-electron chi connectivity index (χ1n) is 10.5. The lowest BCUT2D eigenvalue weighted by Crippen LogP contribution is -2.53. The first kappa shape index (κ1) is 16.0. The first-order valence-corrected chi connectivity index (χ1v) is 10.5. The molecule has 5 aliphatic rings. The van der Waals surface area contributed by atoms with Crippen LogP contribution < -0.4 is 0 Å². The van der Waals surface area contributed by atoms with Gasteiger partial charge in [-0.1, -0.05) is 36.8 Å². The number of fused-ring (bicyclic) bond motifs is 6. The highest BCUT2D eigenvalue weighted by Crippen LogP contribution is 2.69. The summed E-state index contributed by atoms with van der Waals surface area (Å²) in [5.74, 6) is 3.18. The molecule has 1 heterocycles. The Hall–Kier alpha value is -1.24. The van der Waals surface area contributed by atoms with Crippen molar-refractivity contribution >= 4 is 0 Å². The van der Waals surface area contributed by atoms with Crippen molar-refractivity contribution < 1.29 is 4.74 Å². The molecule has 0 bridgehead atoms. The maximum atomic E-state index is 6.41. The summed E-state index contributed by atoms with van der Waals surface area (Å²) < 4.78 is 6.41. The third-order valence-corrected chi connectivity index (χ3v) is 8.69. The Balaban J connectivity index is 1.54. The van der Waals surface area contributed by atoms with Crippen molar-refractivity contribution in [3.05, 3.63) is 47.8 Å². The van der Waals surface area contributed by atoms with E-state index in [1.807, 2.05) is 6.26 Å². The van der Waals surface area contributed by atoms with Crippen LogP contribution in [0.25, 0.3) is 0 Å². The summed E-state index contributed by atoms with van der Waals surface area (Å²) in [6.07, 6.45) is 19.5. The molecule has 3 saturated carbocycles. The minimum absolute atomic E-state index is 0.0803. The summed E-state index contributed by atoms with van der Waals surface area (Å²) in [7, 11) is 0. The molecule has 0 amide bonds. The summed E-state index contributed by atoms with van der Waals surface area (Å²) in [4.78, 5) is 0. The predicted octanol–water partition coefficient (Wildman–Crippen LogP) is 6.34. The van der Waals surface area contributed by atoms with Crippen molar-refractivity contribution in [1.82, 2.24) is 0 Å². The molecular weight excluding hydrogens is 304 g/mol. The molecule has 4 aliphatic carbocycles.